The lowest BCUT2D eigenvalue weighted by atomic mass is 9.93. The van der Waals surface area contributed by atoms with E-state index in [0.29, 0.717) is 6.42 Å². The first-order valence-corrected chi connectivity index (χ1v) is 16.7. The number of carbonyl (C=O) groups is 4. The fourth-order valence-corrected chi connectivity index (χ4v) is 7.12. The van der Waals surface area contributed by atoms with Gasteiger partial charge < -0.3 is 19.5 Å². The molecule has 1 heterocycles. The standard InChI is InChI=1S/C40H40N2O7/c1-3-48-39(46)35(22-21-27-13-5-4-6-14-27)42(26(2)37(43)41-24-29-16-8-7-15-28(29)23-36(41)38(44)45)40(47)49-25-34-32-19-11-9-17-30(32)31-18-10-12-20-33(31)34/h4-20,26,34-36H,3,21-25H2,1-2H3,(H,44,45)/t26-,35-,36-/m0/s1. The first-order chi connectivity index (χ1) is 23.8. The normalized spacial score (nSPS) is 16.0. The van der Waals surface area contributed by atoms with Crippen LogP contribution in [0.3, 0.4) is 0 Å². The van der Waals surface area contributed by atoms with Crippen molar-refractivity contribution < 1.29 is 33.8 Å². The van der Waals surface area contributed by atoms with E-state index in [1.54, 1.807) is 6.92 Å². The maximum absolute atomic E-state index is 14.4. The number of carbonyl (C=O) groups excluding carboxylic acids is 3. The molecule has 0 fully saturated rings. The number of ether oxygens (including phenoxy) is 2. The number of aliphatic carboxylic acids is 1. The molecule has 0 aromatic heterocycles. The number of amides is 2. The van der Waals surface area contributed by atoms with E-state index in [-0.39, 0.29) is 38.5 Å². The molecule has 0 saturated carbocycles. The monoisotopic (exact) mass is 660 g/mol. The lowest BCUT2D eigenvalue weighted by Crippen LogP contribution is -2.59. The predicted octanol–water partition coefficient (Wildman–Crippen LogP) is 6.23. The number of rotatable bonds is 11. The van der Waals surface area contributed by atoms with Gasteiger partial charge in [0.1, 0.15) is 24.7 Å². The summed E-state index contributed by atoms with van der Waals surface area (Å²) in [4.78, 5) is 57.3. The molecule has 6 rings (SSSR count). The summed E-state index contributed by atoms with van der Waals surface area (Å²) in [5, 5.41) is 10.2. The zero-order valence-electron chi connectivity index (χ0n) is 27.7. The summed E-state index contributed by atoms with van der Waals surface area (Å²) in [7, 11) is 0. The van der Waals surface area contributed by atoms with Crippen molar-refractivity contribution >= 4 is 23.9 Å². The van der Waals surface area contributed by atoms with Gasteiger partial charge in [-0.05, 0) is 65.6 Å². The van der Waals surface area contributed by atoms with E-state index in [9.17, 15) is 24.3 Å². The Morgan fingerprint density at radius 1 is 0.816 bits per heavy atom. The Hall–Kier alpha value is -5.44. The Morgan fingerprint density at radius 2 is 1.41 bits per heavy atom. The van der Waals surface area contributed by atoms with E-state index in [1.165, 1.54) is 11.8 Å². The van der Waals surface area contributed by atoms with E-state index < -0.39 is 42.1 Å². The zero-order chi connectivity index (χ0) is 34.5. The third-order valence-electron chi connectivity index (χ3n) is 9.58. The molecule has 1 aliphatic carbocycles. The first-order valence-electron chi connectivity index (χ1n) is 16.7. The third kappa shape index (κ3) is 6.92. The third-order valence-corrected chi connectivity index (χ3v) is 9.58. The van der Waals surface area contributed by atoms with Crippen molar-refractivity contribution in [3.63, 3.8) is 0 Å². The molecule has 2 amide bonds. The van der Waals surface area contributed by atoms with Crippen LogP contribution in [0.5, 0.6) is 0 Å². The van der Waals surface area contributed by atoms with Gasteiger partial charge in [0.2, 0.25) is 5.91 Å². The molecular weight excluding hydrogens is 620 g/mol. The second-order valence-electron chi connectivity index (χ2n) is 12.5. The first kappa shape index (κ1) is 33.5. The Balaban J connectivity index is 1.33. The molecule has 4 aromatic carbocycles. The summed E-state index contributed by atoms with van der Waals surface area (Å²) in [6.07, 6.45) is -0.133. The number of hydrogen-bond acceptors (Lipinski definition) is 6. The van der Waals surface area contributed by atoms with Gasteiger partial charge in [-0.3, -0.25) is 9.69 Å². The fourth-order valence-electron chi connectivity index (χ4n) is 7.12. The molecule has 4 aromatic rings. The van der Waals surface area contributed by atoms with Gasteiger partial charge >= 0.3 is 18.0 Å². The summed E-state index contributed by atoms with van der Waals surface area (Å²) in [5.74, 6) is -2.65. The SMILES string of the molecule is CCOC(=O)[C@H](CCc1ccccc1)N(C(=O)OCC1c2ccccc2-c2ccccc21)[C@@H](C)C(=O)N1Cc2ccccc2C[C@H]1C(=O)O. The lowest BCUT2D eigenvalue weighted by Gasteiger charge is -2.40. The molecule has 1 N–H and O–H groups in total. The van der Waals surface area contributed by atoms with Gasteiger partial charge in [-0.25, -0.2) is 14.4 Å². The molecule has 0 radical (unpaired) electrons. The Bertz CT molecular complexity index is 1800. The molecule has 252 valence electrons. The van der Waals surface area contributed by atoms with Crippen LogP contribution in [0.2, 0.25) is 0 Å². The second kappa shape index (κ2) is 14.8. The largest absolute Gasteiger partial charge is 0.480 e. The molecule has 9 nitrogen and oxygen atoms in total. The Labute approximate surface area is 286 Å². The van der Waals surface area contributed by atoms with Crippen LogP contribution in [0.1, 0.15) is 54.0 Å². The fraction of sp³-hybridized carbons (Fsp3) is 0.300. The molecule has 2 aliphatic rings. The average Bonchev–Trinajstić information content (AvgIpc) is 3.45. The van der Waals surface area contributed by atoms with Gasteiger partial charge in [0.05, 0.1) is 6.61 Å². The van der Waals surface area contributed by atoms with Crippen molar-refractivity contribution in [2.75, 3.05) is 13.2 Å². The van der Waals surface area contributed by atoms with Crippen LogP contribution in [0.15, 0.2) is 103 Å². The number of nitrogens with zero attached hydrogens (tertiary/aromatic N) is 2. The van der Waals surface area contributed by atoms with E-state index in [4.69, 9.17) is 9.47 Å². The van der Waals surface area contributed by atoms with Crippen LogP contribution < -0.4 is 0 Å². The molecule has 9 heteroatoms. The summed E-state index contributed by atoms with van der Waals surface area (Å²) in [6.45, 7) is 3.32. The highest BCUT2D eigenvalue weighted by molar-refractivity contribution is 5.92. The van der Waals surface area contributed by atoms with Crippen LogP contribution in [0, 0.1) is 0 Å². The van der Waals surface area contributed by atoms with Gasteiger partial charge in [0.25, 0.3) is 0 Å². The van der Waals surface area contributed by atoms with Crippen LogP contribution in [-0.4, -0.2) is 70.2 Å². The lowest BCUT2D eigenvalue weighted by molar-refractivity contribution is -0.157. The van der Waals surface area contributed by atoms with Gasteiger partial charge in [0, 0.05) is 18.9 Å². The second-order valence-corrected chi connectivity index (χ2v) is 12.5. The van der Waals surface area contributed by atoms with Crippen molar-refractivity contribution in [2.24, 2.45) is 0 Å². The smallest absolute Gasteiger partial charge is 0.411 e. The minimum absolute atomic E-state index is 0.0205. The minimum Gasteiger partial charge on any atom is -0.480 e. The molecule has 0 unspecified atom stereocenters. The van der Waals surface area contributed by atoms with Crippen molar-refractivity contribution in [3.05, 3.63) is 131 Å². The number of aryl methyl sites for hydroxylation is 1. The molecule has 0 saturated heterocycles. The maximum Gasteiger partial charge on any atom is 0.411 e. The Kier molecular flexibility index (Phi) is 10.1. The number of benzene rings is 4. The molecular formula is C40H40N2O7. The topological polar surface area (TPSA) is 113 Å². The molecule has 49 heavy (non-hydrogen) atoms. The van der Waals surface area contributed by atoms with Crippen LogP contribution in [0.4, 0.5) is 4.79 Å². The molecule has 0 bridgehead atoms. The quantitative estimate of drug-likeness (QED) is 0.190. The predicted molar refractivity (Wildman–Crippen MR) is 184 cm³/mol. The van der Waals surface area contributed by atoms with Gasteiger partial charge in [-0.1, -0.05) is 103 Å². The van der Waals surface area contributed by atoms with Gasteiger partial charge in [-0.15, -0.1) is 0 Å². The van der Waals surface area contributed by atoms with E-state index >= 15 is 0 Å². The van der Waals surface area contributed by atoms with Crippen molar-refractivity contribution in [1.82, 2.24) is 9.80 Å². The number of esters is 1. The highest BCUT2D eigenvalue weighted by atomic mass is 16.6. The molecule has 1 aliphatic heterocycles. The summed E-state index contributed by atoms with van der Waals surface area (Å²) < 4.78 is 11.5. The van der Waals surface area contributed by atoms with Gasteiger partial charge in [0.15, 0.2) is 0 Å². The minimum atomic E-state index is -1.24. The van der Waals surface area contributed by atoms with Crippen molar-refractivity contribution in [1.29, 1.82) is 0 Å². The van der Waals surface area contributed by atoms with Crippen LogP contribution in [0.25, 0.3) is 11.1 Å². The number of hydrogen-bond donors (Lipinski definition) is 1. The van der Waals surface area contributed by atoms with Crippen LogP contribution >= 0.6 is 0 Å². The zero-order valence-corrected chi connectivity index (χ0v) is 27.7. The van der Waals surface area contributed by atoms with E-state index in [2.05, 4.69) is 0 Å². The maximum atomic E-state index is 14.4. The van der Waals surface area contributed by atoms with Crippen molar-refractivity contribution in [2.45, 2.75) is 63.7 Å². The summed E-state index contributed by atoms with van der Waals surface area (Å²) in [6, 6.07) is 29.3. The van der Waals surface area contributed by atoms with Crippen LogP contribution in [-0.2, 0) is 43.2 Å². The number of carboxylic acid groups (broad SMARTS) is 1. The molecule has 0 spiro atoms. The van der Waals surface area contributed by atoms with Crippen molar-refractivity contribution in [3.8, 4) is 11.1 Å². The number of fused-ring (bicyclic) bond motifs is 4. The summed E-state index contributed by atoms with van der Waals surface area (Å²) in [5.41, 5.74) is 6.81. The Morgan fingerprint density at radius 3 is 2.04 bits per heavy atom. The van der Waals surface area contributed by atoms with Gasteiger partial charge in [-0.2, -0.15) is 0 Å². The highest BCUT2D eigenvalue weighted by Gasteiger charge is 2.43. The average molecular weight is 661 g/mol. The summed E-state index contributed by atoms with van der Waals surface area (Å²) >= 11 is 0. The van der Waals surface area contributed by atoms with E-state index in [1.807, 2.05) is 103 Å². The van der Waals surface area contributed by atoms with E-state index in [0.717, 1.165) is 43.8 Å². The highest BCUT2D eigenvalue weighted by Crippen LogP contribution is 2.44. The number of carboxylic acids is 1. The molecule has 3 atom stereocenters.